The molecule has 0 aliphatic carbocycles. The Morgan fingerprint density at radius 2 is 1.82 bits per heavy atom. The van der Waals surface area contributed by atoms with E-state index in [0.717, 1.165) is 45.1 Å². The molecule has 5 nitrogen and oxygen atoms in total. The maximum absolute atomic E-state index is 12.5. The summed E-state index contributed by atoms with van der Waals surface area (Å²) < 4.78 is 2.02. The summed E-state index contributed by atoms with van der Waals surface area (Å²) in [7, 11) is 0. The van der Waals surface area contributed by atoms with Crippen molar-refractivity contribution in [1.29, 1.82) is 0 Å². The maximum Gasteiger partial charge on any atom is 0.228 e. The highest BCUT2D eigenvalue weighted by molar-refractivity contribution is 5.93. The number of amides is 1. The molecule has 4 rings (SSSR count). The smallest absolute Gasteiger partial charge is 0.228 e. The Labute approximate surface area is 164 Å². The quantitative estimate of drug-likeness (QED) is 0.574. The summed E-state index contributed by atoms with van der Waals surface area (Å²) in [5, 5.41) is 3.01. The van der Waals surface area contributed by atoms with Gasteiger partial charge in [-0.1, -0.05) is 24.3 Å². The first-order valence-electron chi connectivity index (χ1n) is 9.28. The molecule has 0 aliphatic heterocycles. The number of nitrogens with zero attached hydrogens (tertiary/aromatic N) is 3. The van der Waals surface area contributed by atoms with Crippen LogP contribution in [0.1, 0.15) is 22.5 Å². The van der Waals surface area contributed by atoms with Crippen LogP contribution < -0.4 is 5.32 Å². The van der Waals surface area contributed by atoms with E-state index in [2.05, 4.69) is 15.3 Å². The molecule has 2 heterocycles. The summed E-state index contributed by atoms with van der Waals surface area (Å²) in [4.78, 5) is 21.5. The van der Waals surface area contributed by atoms with Crippen molar-refractivity contribution in [3.63, 3.8) is 0 Å². The molecule has 0 fully saturated rings. The lowest BCUT2D eigenvalue weighted by Gasteiger charge is -2.10. The van der Waals surface area contributed by atoms with Crippen LogP contribution in [0.3, 0.4) is 0 Å². The molecule has 28 heavy (non-hydrogen) atoms. The number of nitrogens with one attached hydrogen (secondary N) is 1. The molecular weight excluding hydrogens is 348 g/mol. The van der Waals surface area contributed by atoms with Gasteiger partial charge in [0.05, 0.1) is 6.42 Å². The number of aromatic nitrogens is 3. The van der Waals surface area contributed by atoms with Crippen molar-refractivity contribution in [2.45, 2.75) is 27.2 Å². The van der Waals surface area contributed by atoms with Gasteiger partial charge < -0.3 is 5.32 Å². The van der Waals surface area contributed by atoms with E-state index < -0.39 is 0 Å². The normalized spacial score (nSPS) is 11.0. The molecule has 0 spiro atoms. The highest BCUT2D eigenvalue weighted by atomic mass is 16.1. The summed E-state index contributed by atoms with van der Waals surface area (Å²) >= 11 is 0. The summed E-state index contributed by atoms with van der Waals surface area (Å²) in [5.41, 5.74) is 6.70. The minimum Gasteiger partial charge on any atom is -0.326 e. The highest BCUT2D eigenvalue weighted by Crippen LogP contribution is 2.20. The average molecular weight is 370 g/mol. The van der Waals surface area contributed by atoms with E-state index in [9.17, 15) is 4.79 Å². The molecule has 0 bridgehead atoms. The first kappa shape index (κ1) is 17.9. The third kappa shape index (κ3) is 3.51. The van der Waals surface area contributed by atoms with E-state index in [1.165, 1.54) is 0 Å². The van der Waals surface area contributed by atoms with Gasteiger partial charge in [-0.15, -0.1) is 0 Å². The van der Waals surface area contributed by atoms with Crippen LogP contribution in [0.4, 0.5) is 5.69 Å². The van der Waals surface area contributed by atoms with E-state index in [1.54, 1.807) is 6.20 Å². The van der Waals surface area contributed by atoms with Gasteiger partial charge in [-0.05, 0) is 67.8 Å². The number of imidazole rings is 1. The van der Waals surface area contributed by atoms with Crippen molar-refractivity contribution >= 4 is 22.8 Å². The van der Waals surface area contributed by atoms with Crippen LogP contribution in [0.25, 0.3) is 16.9 Å². The molecular formula is C23H22N4O. The largest absolute Gasteiger partial charge is 0.326 e. The molecule has 0 atom stereocenters. The van der Waals surface area contributed by atoms with E-state index in [4.69, 9.17) is 0 Å². The Kier molecular flexibility index (Phi) is 4.65. The van der Waals surface area contributed by atoms with Crippen LogP contribution in [0.2, 0.25) is 0 Å². The molecule has 0 aliphatic rings. The first-order valence-corrected chi connectivity index (χ1v) is 9.28. The van der Waals surface area contributed by atoms with Gasteiger partial charge in [0.2, 0.25) is 5.91 Å². The number of anilines is 1. The van der Waals surface area contributed by atoms with Crippen molar-refractivity contribution in [2.24, 2.45) is 0 Å². The van der Waals surface area contributed by atoms with Crippen LogP contribution in [-0.4, -0.2) is 20.4 Å². The number of carbonyl (C=O) groups is 1. The third-order valence-electron chi connectivity index (χ3n) is 4.81. The minimum absolute atomic E-state index is 0.0209. The minimum atomic E-state index is -0.0209. The summed E-state index contributed by atoms with van der Waals surface area (Å²) in [6.07, 6.45) is 2.10. The molecule has 0 radical (unpaired) electrons. The van der Waals surface area contributed by atoms with Gasteiger partial charge in [0.25, 0.3) is 0 Å². The Hall–Kier alpha value is -3.47. The van der Waals surface area contributed by atoms with E-state index in [1.807, 2.05) is 79.9 Å². The van der Waals surface area contributed by atoms with Gasteiger partial charge in [-0.3, -0.25) is 9.36 Å². The Balaban J connectivity index is 1.52. The Morgan fingerprint density at radius 3 is 2.61 bits per heavy atom. The molecule has 1 amide bonds. The lowest BCUT2D eigenvalue weighted by atomic mass is 10.1. The second-order valence-electron chi connectivity index (χ2n) is 7.05. The molecule has 1 N–H and O–H groups in total. The second-order valence-corrected chi connectivity index (χ2v) is 7.05. The Bertz CT molecular complexity index is 1160. The summed E-state index contributed by atoms with van der Waals surface area (Å²) in [6, 6.07) is 17.9. The summed E-state index contributed by atoms with van der Waals surface area (Å²) in [5.74, 6) is 0.862. The fourth-order valence-electron chi connectivity index (χ4n) is 3.35. The molecule has 0 saturated heterocycles. The molecule has 2 aromatic heterocycles. The monoisotopic (exact) mass is 370 g/mol. The zero-order valence-corrected chi connectivity index (χ0v) is 16.2. The lowest BCUT2D eigenvalue weighted by molar-refractivity contribution is -0.115. The third-order valence-corrected chi connectivity index (χ3v) is 4.81. The second kappa shape index (κ2) is 7.27. The van der Waals surface area contributed by atoms with Crippen LogP contribution in [-0.2, 0) is 11.2 Å². The van der Waals surface area contributed by atoms with E-state index >= 15 is 0 Å². The zero-order valence-electron chi connectivity index (χ0n) is 16.2. The van der Waals surface area contributed by atoms with Gasteiger partial charge in [0.1, 0.15) is 11.3 Å². The number of pyridine rings is 1. The first-order chi connectivity index (χ1) is 13.5. The van der Waals surface area contributed by atoms with Gasteiger partial charge in [0.15, 0.2) is 5.65 Å². The number of carbonyl (C=O) groups excluding carboxylic acids is 1. The number of rotatable bonds is 4. The average Bonchev–Trinajstić information content (AvgIpc) is 3.01. The van der Waals surface area contributed by atoms with E-state index in [-0.39, 0.29) is 5.91 Å². The van der Waals surface area contributed by atoms with Crippen LogP contribution in [0.15, 0.2) is 60.8 Å². The summed E-state index contributed by atoms with van der Waals surface area (Å²) in [6.45, 7) is 5.98. The SMILES string of the molecule is Cc1ccc(C)c(NC(=O)Cc2ccc(-n3c(C)nc4cccnc43)cc2)c1. The molecule has 2 aromatic carbocycles. The zero-order chi connectivity index (χ0) is 19.7. The van der Waals surface area contributed by atoms with Gasteiger partial charge >= 0.3 is 0 Å². The van der Waals surface area contributed by atoms with Crippen molar-refractivity contribution in [1.82, 2.24) is 14.5 Å². The molecule has 5 heteroatoms. The van der Waals surface area contributed by atoms with Crippen molar-refractivity contribution in [3.05, 3.63) is 83.3 Å². The molecule has 4 aromatic rings. The van der Waals surface area contributed by atoms with Crippen LogP contribution in [0.5, 0.6) is 0 Å². The maximum atomic E-state index is 12.5. The van der Waals surface area contributed by atoms with Crippen LogP contribution >= 0.6 is 0 Å². The molecule has 0 saturated carbocycles. The van der Waals surface area contributed by atoms with E-state index in [0.29, 0.717) is 6.42 Å². The van der Waals surface area contributed by atoms with Crippen molar-refractivity contribution in [2.75, 3.05) is 5.32 Å². The number of hydrogen-bond donors (Lipinski definition) is 1. The number of benzene rings is 2. The van der Waals surface area contributed by atoms with Gasteiger partial charge in [-0.2, -0.15) is 0 Å². The molecule has 140 valence electrons. The Morgan fingerprint density at radius 1 is 1.04 bits per heavy atom. The van der Waals surface area contributed by atoms with Gasteiger partial charge in [-0.25, -0.2) is 9.97 Å². The van der Waals surface area contributed by atoms with Crippen molar-refractivity contribution < 1.29 is 4.79 Å². The fraction of sp³-hybridized carbons (Fsp3) is 0.174. The number of hydrogen-bond acceptors (Lipinski definition) is 3. The standard InChI is InChI=1S/C23H22N4O/c1-15-6-7-16(2)21(13-15)26-22(28)14-18-8-10-19(11-9-18)27-17(3)25-20-5-4-12-24-23(20)27/h4-13H,14H2,1-3H3,(H,26,28). The van der Waals surface area contributed by atoms with Gasteiger partial charge in [0, 0.05) is 17.6 Å². The number of fused-ring (bicyclic) bond motifs is 1. The van der Waals surface area contributed by atoms with Crippen LogP contribution in [0, 0.1) is 20.8 Å². The topological polar surface area (TPSA) is 59.8 Å². The lowest BCUT2D eigenvalue weighted by Crippen LogP contribution is -2.15. The molecule has 0 unspecified atom stereocenters. The highest BCUT2D eigenvalue weighted by Gasteiger charge is 2.11. The predicted molar refractivity (Wildman–Crippen MR) is 112 cm³/mol. The predicted octanol–water partition coefficient (Wildman–Crippen LogP) is 4.53. The fourth-order valence-corrected chi connectivity index (χ4v) is 3.35. The number of aryl methyl sites for hydroxylation is 3. The van der Waals surface area contributed by atoms with Crippen molar-refractivity contribution in [3.8, 4) is 5.69 Å².